The Balaban J connectivity index is 2.74. The van der Waals surface area contributed by atoms with Gasteiger partial charge in [0.05, 0.1) is 0 Å². The topological polar surface area (TPSA) is 55.1 Å². The molecule has 1 aromatic carbocycles. The Morgan fingerprint density at radius 2 is 2.12 bits per heavy atom. The Labute approximate surface area is 94.8 Å². The van der Waals surface area contributed by atoms with E-state index in [1.165, 1.54) is 6.07 Å². The number of rotatable bonds is 3. The van der Waals surface area contributed by atoms with Crippen molar-refractivity contribution in [3.8, 4) is 0 Å². The number of anilines is 1. The number of benzene rings is 1. The quantitative estimate of drug-likeness (QED) is 0.827. The monoisotopic (exact) mass is 224 g/mol. The molecule has 0 saturated heterocycles. The average Bonchev–Trinajstić information content (AvgIpc) is 2.09. The zero-order valence-electron chi connectivity index (χ0n) is 9.80. The largest absolute Gasteiger partial charge is 0.326 e. The molecular weight excluding hydrogens is 207 g/mol. The van der Waals surface area contributed by atoms with E-state index < -0.39 is 5.54 Å². The predicted octanol–water partition coefficient (Wildman–Crippen LogP) is 2.20. The van der Waals surface area contributed by atoms with Gasteiger partial charge in [0, 0.05) is 23.2 Å². The normalized spacial score (nSPS) is 11.3. The maximum atomic E-state index is 13.2. The molecule has 0 saturated carbocycles. The second kappa shape index (κ2) is 4.61. The minimum absolute atomic E-state index is 0.197. The van der Waals surface area contributed by atoms with Crippen molar-refractivity contribution in [3.63, 3.8) is 0 Å². The molecule has 0 heterocycles. The van der Waals surface area contributed by atoms with Crippen LogP contribution >= 0.6 is 0 Å². The molecule has 1 rings (SSSR count). The molecule has 3 nitrogen and oxygen atoms in total. The minimum Gasteiger partial charge on any atom is -0.326 e. The highest BCUT2D eigenvalue weighted by atomic mass is 19.1. The first kappa shape index (κ1) is 12.6. The van der Waals surface area contributed by atoms with Gasteiger partial charge in [-0.1, -0.05) is 6.07 Å². The standard InChI is InChI=1S/C12H17FN2O/c1-8-9(13)5-4-6-10(8)15-11(16)7-12(2,3)14/h4-6H,7,14H2,1-3H3,(H,15,16). The van der Waals surface area contributed by atoms with Crippen LogP contribution in [0.15, 0.2) is 18.2 Å². The van der Waals surface area contributed by atoms with Crippen molar-refractivity contribution in [2.75, 3.05) is 5.32 Å². The van der Waals surface area contributed by atoms with Crippen molar-refractivity contribution in [1.82, 2.24) is 0 Å². The Hall–Kier alpha value is -1.42. The average molecular weight is 224 g/mol. The summed E-state index contributed by atoms with van der Waals surface area (Å²) in [6, 6.07) is 4.59. The van der Waals surface area contributed by atoms with Gasteiger partial charge < -0.3 is 11.1 Å². The fourth-order valence-corrected chi connectivity index (χ4v) is 1.35. The van der Waals surface area contributed by atoms with Crippen LogP contribution in [0.5, 0.6) is 0 Å². The van der Waals surface area contributed by atoms with Gasteiger partial charge in [0.15, 0.2) is 0 Å². The molecule has 0 bridgehead atoms. The highest BCUT2D eigenvalue weighted by molar-refractivity contribution is 5.92. The Kier molecular flexibility index (Phi) is 3.65. The number of carbonyl (C=O) groups excluding carboxylic acids is 1. The van der Waals surface area contributed by atoms with Gasteiger partial charge in [-0.3, -0.25) is 4.79 Å². The molecule has 0 spiro atoms. The van der Waals surface area contributed by atoms with Crippen molar-refractivity contribution < 1.29 is 9.18 Å². The first-order chi connectivity index (χ1) is 7.29. The number of nitrogens with one attached hydrogen (secondary N) is 1. The van der Waals surface area contributed by atoms with E-state index in [2.05, 4.69) is 5.32 Å². The van der Waals surface area contributed by atoms with Gasteiger partial charge >= 0.3 is 0 Å². The maximum absolute atomic E-state index is 13.2. The van der Waals surface area contributed by atoms with Crippen LogP contribution in [0.4, 0.5) is 10.1 Å². The second-order valence-electron chi connectivity index (χ2n) is 4.63. The molecule has 4 heteroatoms. The summed E-state index contributed by atoms with van der Waals surface area (Å²) in [5, 5.41) is 2.65. The molecule has 0 aromatic heterocycles. The smallest absolute Gasteiger partial charge is 0.226 e. The van der Waals surface area contributed by atoms with Gasteiger partial charge in [-0.25, -0.2) is 4.39 Å². The first-order valence-corrected chi connectivity index (χ1v) is 5.13. The molecule has 0 radical (unpaired) electrons. The lowest BCUT2D eigenvalue weighted by Gasteiger charge is -2.18. The summed E-state index contributed by atoms with van der Waals surface area (Å²) < 4.78 is 13.2. The lowest BCUT2D eigenvalue weighted by Crippen LogP contribution is -2.36. The zero-order chi connectivity index (χ0) is 12.3. The number of carbonyl (C=O) groups is 1. The fraction of sp³-hybridized carbons (Fsp3) is 0.417. The molecule has 0 fully saturated rings. The van der Waals surface area contributed by atoms with Crippen LogP contribution in [0, 0.1) is 12.7 Å². The van der Waals surface area contributed by atoms with E-state index in [-0.39, 0.29) is 18.1 Å². The van der Waals surface area contributed by atoms with Crippen LogP contribution in [0.3, 0.4) is 0 Å². The van der Waals surface area contributed by atoms with Crippen molar-refractivity contribution >= 4 is 11.6 Å². The van der Waals surface area contributed by atoms with Crippen LogP contribution in [0.2, 0.25) is 0 Å². The molecule has 88 valence electrons. The molecule has 0 atom stereocenters. The van der Waals surface area contributed by atoms with Gasteiger partial charge in [0.2, 0.25) is 5.91 Å². The highest BCUT2D eigenvalue weighted by Crippen LogP contribution is 2.18. The van der Waals surface area contributed by atoms with Crippen LogP contribution in [-0.2, 0) is 4.79 Å². The molecule has 1 aromatic rings. The van der Waals surface area contributed by atoms with Crippen molar-refractivity contribution in [2.45, 2.75) is 32.7 Å². The predicted molar refractivity (Wildman–Crippen MR) is 62.7 cm³/mol. The summed E-state index contributed by atoms with van der Waals surface area (Å²) in [7, 11) is 0. The van der Waals surface area contributed by atoms with E-state index in [0.29, 0.717) is 11.3 Å². The number of nitrogens with two attached hydrogens (primary N) is 1. The summed E-state index contributed by atoms with van der Waals surface area (Å²) in [5.74, 6) is -0.536. The van der Waals surface area contributed by atoms with Crippen molar-refractivity contribution in [1.29, 1.82) is 0 Å². The number of hydrogen-bond donors (Lipinski definition) is 2. The fourth-order valence-electron chi connectivity index (χ4n) is 1.35. The van der Waals surface area contributed by atoms with E-state index in [4.69, 9.17) is 5.73 Å². The van der Waals surface area contributed by atoms with Crippen LogP contribution in [-0.4, -0.2) is 11.4 Å². The molecule has 3 N–H and O–H groups in total. The van der Waals surface area contributed by atoms with Crippen molar-refractivity contribution in [2.24, 2.45) is 5.73 Å². The van der Waals surface area contributed by atoms with Crippen LogP contribution in [0.1, 0.15) is 25.8 Å². The maximum Gasteiger partial charge on any atom is 0.226 e. The van der Waals surface area contributed by atoms with Gasteiger partial charge in [-0.15, -0.1) is 0 Å². The summed E-state index contributed by atoms with van der Waals surface area (Å²) in [5.41, 5.74) is 6.09. The Morgan fingerprint density at radius 1 is 1.50 bits per heavy atom. The van der Waals surface area contributed by atoms with Crippen LogP contribution in [0.25, 0.3) is 0 Å². The third kappa shape index (κ3) is 3.62. The van der Waals surface area contributed by atoms with E-state index in [1.807, 2.05) is 0 Å². The molecule has 0 aliphatic rings. The number of amides is 1. The minimum atomic E-state index is -0.564. The SMILES string of the molecule is Cc1c(F)cccc1NC(=O)CC(C)(C)N. The molecule has 0 aliphatic carbocycles. The van der Waals surface area contributed by atoms with Gasteiger partial charge in [0.25, 0.3) is 0 Å². The van der Waals surface area contributed by atoms with Gasteiger partial charge in [-0.05, 0) is 32.9 Å². The third-order valence-corrected chi connectivity index (χ3v) is 2.16. The molecule has 16 heavy (non-hydrogen) atoms. The van der Waals surface area contributed by atoms with E-state index in [0.717, 1.165) is 0 Å². The van der Waals surface area contributed by atoms with Crippen molar-refractivity contribution in [3.05, 3.63) is 29.6 Å². The van der Waals surface area contributed by atoms with Crippen LogP contribution < -0.4 is 11.1 Å². The van der Waals surface area contributed by atoms with Gasteiger partial charge in [-0.2, -0.15) is 0 Å². The lowest BCUT2D eigenvalue weighted by molar-refractivity contribution is -0.117. The van der Waals surface area contributed by atoms with E-state index >= 15 is 0 Å². The molecular formula is C12H17FN2O. The van der Waals surface area contributed by atoms with Gasteiger partial charge in [0.1, 0.15) is 5.82 Å². The summed E-state index contributed by atoms with van der Waals surface area (Å²) in [6.07, 6.45) is 0.197. The molecule has 1 amide bonds. The summed E-state index contributed by atoms with van der Waals surface area (Å²) in [4.78, 5) is 11.6. The molecule has 0 aliphatic heterocycles. The number of hydrogen-bond acceptors (Lipinski definition) is 2. The zero-order valence-corrected chi connectivity index (χ0v) is 9.80. The Bertz CT molecular complexity index is 396. The first-order valence-electron chi connectivity index (χ1n) is 5.13. The Morgan fingerprint density at radius 3 is 2.69 bits per heavy atom. The molecule has 0 unspecified atom stereocenters. The second-order valence-corrected chi connectivity index (χ2v) is 4.63. The van der Waals surface area contributed by atoms with E-state index in [1.54, 1.807) is 32.9 Å². The third-order valence-electron chi connectivity index (χ3n) is 2.16. The highest BCUT2D eigenvalue weighted by Gasteiger charge is 2.17. The summed E-state index contributed by atoms with van der Waals surface area (Å²) in [6.45, 7) is 5.16. The lowest BCUT2D eigenvalue weighted by atomic mass is 10.0. The van der Waals surface area contributed by atoms with E-state index in [9.17, 15) is 9.18 Å². The summed E-state index contributed by atoms with van der Waals surface area (Å²) >= 11 is 0. The number of halogens is 1.